The number of hydrogen-bond donors (Lipinski definition) is 2. The molecule has 0 aliphatic carbocycles. The Kier molecular flexibility index (Phi) is 5.16. The third kappa shape index (κ3) is 3.85. The molecule has 2 aromatic rings. The van der Waals surface area contributed by atoms with E-state index < -0.39 is 23.7 Å². The van der Waals surface area contributed by atoms with Gasteiger partial charge in [-0.1, -0.05) is 30.4 Å². The number of aryl methyl sites for hydroxylation is 1. The average Bonchev–Trinajstić information content (AvgIpc) is 2.95. The second-order valence-electron chi connectivity index (χ2n) is 4.52. The molecule has 8 heteroatoms. The predicted octanol–water partition coefficient (Wildman–Crippen LogP) is 2.00. The predicted molar refractivity (Wildman–Crippen MR) is 81.2 cm³/mol. The Bertz CT molecular complexity index is 689. The van der Waals surface area contributed by atoms with Gasteiger partial charge >= 0.3 is 0 Å². The monoisotopic (exact) mass is 322 g/mol. The van der Waals surface area contributed by atoms with Gasteiger partial charge in [0.25, 0.3) is 5.91 Å². The summed E-state index contributed by atoms with van der Waals surface area (Å²) in [5.41, 5.74) is -0.105. The lowest BCUT2D eigenvalue weighted by Gasteiger charge is -2.13. The molecule has 0 saturated heterocycles. The normalized spacial score (nSPS) is 11.8. The first kappa shape index (κ1) is 16.0. The molecule has 0 fully saturated rings. The minimum Gasteiger partial charge on any atom is -0.340 e. The smallest absolute Gasteiger partial charge is 0.254 e. The molecule has 6 nitrogen and oxygen atoms in total. The molecule has 0 saturated carbocycles. The van der Waals surface area contributed by atoms with E-state index in [1.165, 1.54) is 36.5 Å². The molecule has 1 heterocycles. The molecule has 0 aliphatic heterocycles. The van der Waals surface area contributed by atoms with Gasteiger partial charge in [-0.25, -0.2) is 4.39 Å². The van der Waals surface area contributed by atoms with Crippen LogP contribution in [0.2, 0.25) is 0 Å². The second-order valence-corrected chi connectivity index (χ2v) is 5.58. The number of nitrogens with zero attached hydrogens (tertiary/aromatic N) is 2. The third-order valence-corrected chi connectivity index (χ3v) is 3.84. The van der Waals surface area contributed by atoms with Crippen LogP contribution >= 0.6 is 11.3 Å². The fourth-order valence-corrected chi connectivity index (χ4v) is 2.33. The van der Waals surface area contributed by atoms with E-state index in [-0.39, 0.29) is 5.56 Å². The molecule has 0 radical (unpaired) electrons. The number of benzene rings is 1. The first-order valence-electron chi connectivity index (χ1n) is 6.70. The summed E-state index contributed by atoms with van der Waals surface area (Å²) < 4.78 is 13.5. The molecule has 2 N–H and O–H groups in total. The SMILES string of the molecule is CCc1nnc(NC(=O)[C@@H](C)NC(=O)c2ccccc2F)s1. The summed E-state index contributed by atoms with van der Waals surface area (Å²) in [4.78, 5) is 23.9. The van der Waals surface area contributed by atoms with Crippen molar-refractivity contribution in [2.24, 2.45) is 0 Å². The molecule has 22 heavy (non-hydrogen) atoms. The van der Waals surface area contributed by atoms with Crippen LogP contribution in [-0.2, 0) is 11.2 Å². The second kappa shape index (κ2) is 7.08. The van der Waals surface area contributed by atoms with E-state index in [2.05, 4.69) is 20.8 Å². The number of rotatable bonds is 5. The topological polar surface area (TPSA) is 84.0 Å². The molecule has 0 aliphatic rings. The van der Waals surface area contributed by atoms with Crippen LogP contribution in [0.1, 0.15) is 29.2 Å². The lowest BCUT2D eigenvalue weighted by Crippen LogP contribution is -2.41. The van der Waals surface area contributed by atoms with Gasteiger partial charge in [0.1, 0.15) is 16.9 Å². The third-order valence-electron chi connectivity index (χ3n) is 2.86. The van der Waals surface area contributed by atoms with Gasteiger partial charge in [0.15, 0.2) is 0 Å². The number of halogens is 1. The van der Waals surface area contributed by atoms with Crippen LogP contribution in [0.4, 0.5) is 9.52 Å². The maximum Gasteiger partial charge on any atom is 0.254 e. The molecular weight excluding hydrogens is 307 g/mol. The number of anilines is 1. The van der Waals surface area contributed by atoms with Crippen LogP contribution < -0.4 is 10.6 Å². The van der Waals surface area contributed by atoms with Crippen molar-refractivity contribution in [2.75, 3.05) is 5.32 Å². The summed E-state index contributed by atoms with van der Waals surface area (Å²) >= 11 is 1.27. The van der Waals surface area contributed by atoms with Crippen LogP contribution in [0.3, 0.4) is 0 Å². The molecule has 1 aromatic heterocycles. The standard InChI is InChI=1S/C14H15FN4O2S/c1-3-11-18-19-14(22-11)17-12(20)8(2)16-13(21)9-6-4-5-7-10(9)15/h4-8H,3H2,1-2H3,(H,16,21)(H,17,19,20)/t8-/m1/s1. The summed E-state index contributed by atoms with van der Waals surface area (Å²) in [6, 6.07) is 4.75. The van der Waals surface area contributed by atoms with Crippen LogP contribution in [0.5, 0.6) is 0 Å². The maximum atomic E-state index is 13.5. The molecule has 0 unspecified atom stereocenters. The van der Waals surface area contributed by atoms with Crippen molar-refractivity contribution < 1.29 is 14.0 Å². The van der Waals surface area contributed by atoms with Gasteiger partial charge in [0.2, 0.25) is 11.0 Å². The van der Waals surface area contributed by atoms with E-state index in [0.717, 1.165) is 11.4 Å². The van der Waals surface area contributed by atoms with Gasteiger partial charge in [-0.2, -0.15) is 0 Å². The number of hydrogen-bond acceptors (Lipinski definition) is 5. The van der Waals surface area contributed by atoms with Gasteiger partial charge in [0, 0.05) is 0 Å². The van der Waals surface area contributed by atoms with Crippen LogP contribution in [0.15, 0.2) is 24.3 Å². The van der Waals surface area contributed by atoms with Gasteiger partial charge in [-0.05, 0) is 25.5 Å². The average molecular weight is 322 g/mol. The number of aromatic nitrogens is 2. The molecule has 1 atom stereocenters. The fraction of sp³-hybridized carbons (Fsp3) is 0.286. The molecular formula is C14H15FN4O2S. The van der Waals surface area contributed by atoms with Crippen molar-refractivity contribution in [3.05, 3.63) is 40.7 Å². The van der Waals surface area contributed by atoms with Gasteiger partial charge in [-0.15, -0.1) is 10.2 Å². The summed E-state index contributed by atoms with van der Waals surface area (Å²) in [6.07, 6.45) is 0.729. The highest BCUT2D eigenvalue weighted by molar-refractivity contribution is 7.15. The van der Waals surface area contributed by atoms with E-state index in [9.17, 15) is 14.0 Å². The lowest BCUT2D eigenvalue weighted by atomic mass is 10.2. The largest absolute Gasteiger partial charge is 0.340 e. The van der Waals surface area contributed by atoms with E-state index in [1.807, 2.05) is 6.92 Å². The summed E-state index contributed by atoms with van der Waals surface area (Å²) in [5, 5.41) is 13.9. The molecule has 1 aromatic carbocycles. The molecule has 116 valence electrons. The highest BCUT2D eigenvalue weighted by Crippen LogP contribution is 2.15. The summed E-state index contributed by atoms with van der Waals surface area (Å²) in [5.74, 6) is -1.72. The molecule has 2 amide bonds. The summed E-state index contributed by atoms with van der Waals surface area (Å²) in [6.45, 7) is 3.44. The number of amides is 2. The zero-order valence-corrected chi connectivity index (χ0v) is 12.9. The Balaban J connectivity index is 1.96. The minimum atomic E-state index is -0.832. The Morgan fingerprint density at radius 2 is 2.05 bits per heavy atom. The van der Waals surface area contributed by atoms with E-state index in [1.54, 1.807) is 6.07 Å². The number of carbonyl (C=O) groups excluding carboxylic acids is 2. The van der Waals surface area contributed by atoms with Crippen molar-refractivity contribution in [3.8, 4) is 0 Å². The number of nitrogens with one attached hydrogen (secondary N) is 2. The zero-order chi connectivity index (χ0) is 16.1. The Morgan fingerprint density at radius 1 is 1.32 bits per heavy atom. The van der Waals surface area contributed by atoms with Crippen LogP contribution in [0, 0.1) is 5.82 Å². The van der Waals surface area contributed by atoms with Crippen molar-refractivity contribution in [1.82, 2.24) is 15.5 Å². The quantitative estimate of drug-likeness (QED) is 0.882. The van der Waals surface area contributed by atoms with Gasteiger partial charge in [0.05, 0.1) is 5.56 Å². The van der Waals surface area contributed by atoms with Crippen molar-refractivity contribution in [2.45, 2.75) is 26.3 Å². The Labute approximate surface area is 130 Å². The van der Waals surface area contributed by atoms with Crippen LogP contribution in [0.25, 0.3) is 0 Å². The zero-order valence-electron chi connectivity index (χ0n) is 12.1. The highest BCUT2D eigenvalue weighted by atomic mass is 32.1. The van der Waals surface area contributed by atoms with Crippen molar-refractivity contribution >= 4 is 28.3 Å². The first-order valence-corrected chi connectivity index (χ1v) is 7.51. The maximum absolute atomic E-state index is 13.5. The van der Waals surface area contributed by atoms with Crippen molar-refractivity contribution in [1.29, 1.82) is 0 Å². The van der Waals surface area contributed by atoms with Gasteiger partial charge < -0.3 is 5.32 Å². The van der Waals surface area contributed by atoms with E-state index >= 15 is 0 Å². The highest BCUT2D eigenvalue weighted by Gasteiger charge is 2.19. The molecule has 0 spiro atoms. The summed E-state index contributed by atoms with van der Waals surface area (Å²) in [7, 11) is 0. The molecule has 0 bridgehead atoms. The van der Waals surface area contributed by atoms with Crippen LogP contribution in [-0.4, -0.2) is 28.1 Å². The first-order chi connectivity index (χ1) is 10.5. The van der Waals surface area contributed by atoms with E-state index in [4.69, 9.17) is 0 Å². The Hall–Kier alpha value is -2.35. The van der Waals surface area contributed by atoms with Gasteiger partial charge in [-0.3, -0.25) is 14.9 Å². The number of carbonyl (C=O) groups is 2. The Morgan fingerprint density at radius 3 is 2.68 bits per heavy atom. The lowest BCUT2D eigenvalue weighted by molar-refractivity contribution is -0.117. The van der Waals surface area contributed by atoms with E-state index in [0.29, 0.717) is 5.13 Å². The van der Waals surface area contributed by atoms with Crippen molar-refractivity contribution in [3.63, 3.8) is 0 Å². The fourth-order valence-electron chi connectivity index (χ4n) is 1.65. The minimum absolute atomic E-state index is 0.105. The molecule has 2 rings (SSSR count).